The summed E-state index contributed by atoms with van der Waals surface area (Å²) in [5, 5.41) is 11.8. The van der Waals surface area contributed by atoms with Crippen molar-refractivity contribution < 1.29 is 9.90 Å². The molecule has 0 unspecified atom stereocenters. The van der Waals surface area contributed by atoms with E-state index in [0.717, 1.165) is 5.13 Å². The number of thiazole rings is 1. The van der Waals surface area contributed by atoms with E-state index in [-0.39, 0.29) is 0 Å². The van der Waals surface area contributed by atoms with Crippen LogP contribution >= 0.6 is 11.3 Å². The van der Waals surface area contributed by atoms with E-state index in [0.29, 0.717) is 11.7 Å². The second kappa shape index (κ2) is 4.41. The summed E-state index contributed by atoms with van der Waals surface area (Å²) in [5.41, 5.74) is -0.306. The zero-order valence-electron chi connectivity index (χ0n) is 10.3. The van der Waals surface area contributed by atoms with Gasteiger partial charge in [-0.2, -0.15) is 0 Å². The lowest BCUT2D eigenvalue weighted by atomic mass is 9.90. The van der Waals surface area contributed by atoms with Crippen molar-refractivity contribution in [3.8, 4) is 0 Å². The zero-order chi connectivity index (χ0) is 12.5. The Bertz CT molecular complexity index is 385. The number of aromatic nitrogens is 1. The van der Waals surface area contributed by atoms with E-state index in [1.165, 1.54) is 11.3 Å². The number of hydrogen-bond acceptors (Lipinski definition) is 4. The van der Waals surface area contributed by atoms with Gasteiger partial charge in [0.05, 0.1) is 5.69 Å². The molecule has 90 valence electrons. The average molecular weight is 242 g/mol. The Kier molecular flexibility index (Phi) is 3.57. The van der Waals surface area contributed by atoms with Crippen molar-refractivity contribution in [2.24, 2.45) is 0 Å². The van der Waals surface area contributed by atoms with Crippen LogP contribution in [0, 0.1) is 0 Å². The number of carbonyl (C=O) groups is 1. The molecule has 0 aliphatic carbocycles. The molecular formula is C11H18N2O2S. The topological polar surface area (TPSA) is 53.4 Å². The lowest BCUT2D eigenvalue weighted by Crippen LogP contribution is -2.30. The lowest BCUT2D eigenvalue weighted by molar-refractivity contribution is -0.142. The molecule has 0 saturated heterocycles. The van der Waals surface area contributed by atoms with Crippen LogP contribution in [0.1, 0.15) is 33.4 Å². The van der Waals surface area contributed by atoms with Crippen molar-refractivity contribution in [1.29, 1.82) is 0 Å². The lowest BCUT2D eigenvalue weighted by Gasteiger charge is -2.20. The summed E-state index contributed by atoms with van der Waals surface area (Å²) in [7, 11) is 1.96. The first-order valence-corrected chi connectivity index (χ1v) is 6.07. The van der Waals surface area contributed by atoms with Crippen LogP contribution in [0.15, 0.2) is 5.38 Å². The smallest absolute Gasteiger partial charge is 0.315 e. The molecule has 16 heavy (non-hydrogen) atoms. The summed E-state index contributed by atoms with van der Waals surface area (Å²) >= 11 is 1.48. The Morgan fingerprint density at radius 1 is 1.56 bits per heavy atom. The van der Waals surface area contributed by atoms with E-state index in [4.69, 9.17) is 5.11 Å². The highest BCUT2D eigenvalue weighted by Gasteiger charge is 2.32. The second-order valence-corrected chi connectivity index (χ2v) is 5.49. The minimum atomic E-state index is -0.924. The van der Waals surface area contributed by atoms with Gasteiger partial charge in [0, 0.05) is 18.5 Å². The number of hydrogen-bond donors (Lipinski definition) is 1. The minimum Gasteiger partial charge on any atom is -0.481 e. The molecule has 0 amide bonds. The molecule has 0 fully saturated rings. The molecule has 0 bridgehead atoms. The van der Waals surface area contributed by atoms with E-state index in [9.17, 15) is 4.79 Å². The molecule has 1 heterocycles. The zero-order valence-corrected chi connectivity index (χ0v) is 11.1. The second-order valence-electron chi connectivity index (χ2n) is 4.65. The molecule has 0 aliphatic heterocycles. The number of anilines is 1. The van der Waals surface area contributed by atoms with Crippen LogP contribution in [0.25, 0.3) is 0 Å². The molecule has 0 saturated carbocycles. The maximum atomic E-state index is 11.1. The van der Waals surface area contributed by atoms with Gasteiger partial charge < -0.3 is 10.0 Å². The van der Waals surface area contributed by atoms with Crippen molar-refractivity contribution in [3.05, 3.63) is 11.1 Å². The van der Waals surface area contributed by atoms with Gasteiger partial charge >= 0.3 is 5.97 Å². The quantitative estimate of drug-likeness (QED) is 0.880. The normalized spacial score (nSPS) is 11.9. The van der Waals surface area contributed by atoms with Crippen LogP contribution in [-0.2, 0) is 10.2 Å². The van der Waals surface area contributed by atoms with E-state index < -0.39 is 11.4 Å². The van der Waals surface area contributed by atoms with Gasteiger partial charge in [-0.05, 0) is 27.7 Å². The van der Waals surface area contributed by atoms with Crippen LogP contribution in [0.4, 0.5) is 5.13 Å². The van der Waals surface area contributed by atoms with Gasteiger partial charge in [-0.15, -0.1) is 11.3 Å². The van der Waals surface area contributed by atoms with E-state index in [1.54, 1.807) is 13.8 Å². The van der Waals surface area contributed by atoms with Gasteiger partial charge in [0.2, 0.25) is 0 Å². The molecule has 0 aliphatic rings. The van der Waals surface area contributed by atoms with Crippen LogP contribution in [-0.4, -0.2) is 29.1 Å². The van der Waals surface area contributed by atoms with Crippen molar-refractivity contribution >= 4 is 22.4 Å². The molecule has 0 atom stereocenters. The molecule has 0 radical (unpaired) electrons. The third kappa shape index (κ3) is 2.35. The van der Waals surface area contributed by atoms with E-state index in [1.807, 2.05) is 17.3 Å². The molecule has 0 spiro atoms. The Morgan fingerprint density at radius 2 is 2.12 bits per heavy atom. The number of nitrogens with zero attached hydrogens (tertiary/aromatic N) is 2. The monoisotopic (exact) mass is 242 g/mol. The fraction of sp³-hybridized carbons (Fsp3) is 0.636. The first kappa shape index (κ1) is 13.0. The summed E-state index contributed by atoms with van der Waals surface area (Å²) in [6.07, 6.45) is 0. The van der Waals surface area contributed by atoms with Crippen LogP contribution in [0.5, 0.6) is 0 Å². The summed E-state index contributed by atoms with van der Waals surface area (Å²) < 4.78 is 0. The standard InChI is InChI=1S/C11H18N2O2S/c1-7(2)13(5)10-12-8(6-16-10)11(3,4)9(14)15/h6-7H,1-5H3,(H,14,15). The molecular weight excluding hydrogens is 224 g/mol. The molecule has 1 aromatic rings. The SMILES string of the molecule is CC(C)N(C)c1nc(C(C)(C)C(=O)O)cs1. The Labute approximate surface area is 99.9 Å². The maximum Gasteiger partial charge on any atom is 0.315 e. The van der Waals surface area contributed by atoms with Crippen LogP contribution in [0.3, 0.4) is 0 Å². The highest BCUT2D eigenvalue weighted by Crippen LogP contribution is 2.29. The largest absolute Gasteiger partial charge is 0.481 e. The average Bonchev–Trinajstić information content (AvgIpc) is 2.65. The van der Waals surface area contributed by atoms with E-state index in [2.05, 4.69) is 18.8 Å². The third-order valence-corrected chi connectivity index (χ3v) is 3.67. The van der Waals surface area contributed by atoms with Crippen molar-refractivity contribution in [3.63, 3.8) is 0 Å². The predicted octanol–water partition coefficient (Wildman–Crippen LogP) is 2.35. The van der Waals surface area contributed by atoms with Gasteiger partial charge in [-0.25, -0.2) is 4.98 Å². The first-order valence-electron chi connectivity index (χ1n) is 5.19. The predicted molar refractivity (Wildman–Crippen MR) is 66.3 cm³/mol. The van der Waals surface area contributed by atoms with Gasteiger partial charge in [-0.3, -0.25) is 4.79 Å². The molecule has 0 aromatic carbocycles. The van der Waals surface area contributed by atoms with Crippen molar-refractivity contribution in [1.82, 2.24) is 4.98 Å². The maximum absolute atomic E-state index is 11.1. The van der Waals surface area contributed by atoms with Gasteiger partial charge in [-0.1, -0.05) is 0 Å². The fourth-order valence-corrected chi connectivity index (χ4v) is 2.14. The minimum absolute atomic E-state index is 0.354. The summed E-state index contributed by atoms with van der Waals surface area (Å²) in [5.74, 6) is -0.850. The van der Waals surface area contributed by atoms with Crippen molar-refractivity contribution in [2.45, 2.75) is 39.2 Å². The summed E-state index contributed by atoms with van der Waals surface area (Å²) in [4.78, 5) is 17.5. The first-order chi connectivity index (χ1) is 7.26. The molecule has 1 N–H and O–H groups in total. The Morgan fingerprint density at radius 3 is 2.56 bits per heavy atom. The number of aliphatic carboxylic acids is 1. The highest BCUT2D eigenvalue weighted by molar-refractivity contribution is 7.13. The van der Waals surface area contributed by atoms with E-state index >= 15 is 0 Å². The molecule has 1 rings (SSSR count). The number of rotatable bonds is 4. The Balaban J connectivity index is 3.00. The van der Waals surface area contributed by atoms with Gasteiger partial charge in [0.25, 0.3) is 0 Å². The van der Waals surface area contributed by atoms with Gasteiger partial charge in [0.15, 0.2) is 5.13 Å². The number of carboxylic acids is 1. The van der Waals surface area contributed by atoms with Crippen LogP contribution < -0.4 is 4.90 Å². The Hall–Kier alpha value is -1.10. The summed E-state index contributed by atoms with van der Waals surface area (Å²) in [6, 6.07) is 0.354. The molecule has 1 aromatic heterocycles. The van der Waals surface area contributed by atoms with Crippen LogP contribution in [0.2, 0.25) is 0 Å². The third-order valence-electron chi connectivity index (χ3n) is 2.74. The fourth-order valence-electron chi connectivity index (χ4n) is 1.04. The molecule has 4 nitrogen and oxygen atoms in total. The number of carboxylic acid groups (broad SMARTS) is 1. The summed E-state index contributed by atoms with van der Waals surface area (Å²) in [6.45, 7) is 7.49. The highest BCUT2D eigenvalue weighted by atomic mass is 32.1. The van der Waals surface area contributed by atoms with Crippen molar-refractivity contribution in [2.75, 3.05) is 11.9 Å². The molecule has 5 heteroatoms. The van der Waals surface area contributed by atoms with Gasteiger partial charge in [0.1, 0.15) is 5.41 Å².